The fraction of sp³-hybridized carbons (Fsp3) is 0.500. The molecule has 0 aliphatic carbocycles. The molecule has 0 spiro atoms. The summed E-state index contributed by atoms with van der Waals surface area (Å²) in [6.45, 7) is 8.20. The van der Waals surface area contributed by atoms with Crippen molar-refractivity contribution in [3.05, 3.63) is 48.0 Å². The van der Waals surface area contributed by atoms with Gasteiger partial charge in [-0.15, -0.1) is 0 Å². The van der Waals surface area contributed by atoms with Crippen LogP contribution in [0.5, 0.6) is 0 Å². The first-order valence-corrected chi connectivity index (χ1v) is 9.45. The third kappa shape index (κ3) is 2.95. The van der Waals surface area contributed by atoms with E-state index in [9.17, 15) is 9.90 Å². The number of likely N-dealkylation sites (tertiary alicyclic amines) is 1. The summed E-state index contributed by atoms with van der Waals surface area (Å²) in [6.07, 6.45) is 3.57. The van der Waals surface area contributed by atoms with E-state index in [4.69, 9.17) is 0 Å². The van der Waals surface area contributed by atoms with E-state index in [-0.39, 0.29) is 12.0 Å². The standard InChI is InChI=1S/C22H29NO2/c1-16(2)22(21(24)25,17(3)23-14-7-4-8-15-23)20-13-9-11-18-10-5-6-12-19(18)20/h5-6,9-13,16-17H,4,7-8,14-15H2,1-3H3,(H,24,25). The van der Waals surface area contributed by atoms with E-state index in [1.54, 1.807) is 0 Å². The first-order valence-electron chi connectivity index (χ1n) is 9.45. The van der Waals surface area contributed by atoms with Crippen molar-refractivity contribution in [1.29, 1.82) is 0 Å². The Morgan fingerprint density at radius 3 is 2.28 bits per heavy atom. The van der Waals surface area contributed by atoms with E-state index in [2.05, 4.69) is 43.9 Å². The predicted molar refractivity (Wildman–Crippen MR) is 103 cm³/mol. The molecule has 3 nitrogen and oxygen atoms in total. The number of carboxylic acid groups (broad SMARTS) is 1. The molecule has 2 aromatic carbocycles. The molecule has 0 aromatic heterocycles. The minimum Gasteiger partial charge on any atom is -0.481 e. The molecule has 2 unspecified atom stereocenters. The van der Waals surface area contributed by atoms with Crippen molar-refractivity contribution < 1.29 is 9.90 Å². The summed E-state index contributed by atoms with van der Waals surface area (Å²) in [6, 6.07) is 14.2. The normalized spacial score (nSPS) is 19.7. The second-order valence-corrected chi connectivity index (χ2v) is 7.63. The zero-order valence-electron chi connectivity index (χ0n) is 15.5. The molecule has 1 fully saturated rings. The zero-order valence-corrected chi connectivity index (χ0v) is 15.5. The van der Waals surface area contributed by atoms with E-state index >= 15 is 0 Å². The highest BCUT2D eigenvalue weighted by atomic mass is 16.4. The Morgan fingerprint density at radius 2 is 1.64 bits per heavy atom. The maximum absolute atomic E-state index is 12.8. The van der Waals surface area contributed by atoms with Crippen molar-refractivity contribution in [2.75, 3.05) is 13.1 Å². The van der Waals surface area contributed by atoms with Gasteiger partial charge in [0, 0.05) is 6.04 Å². The lowest BCUT2D eigenvalue weighted by Gasteiger charge is -2.46. The first kappa shape index (κ1) is 17.9. The minimum absolute atomic E-state index is 0.00673. The number of rotatable bonds is 5. The van der Waals surface area contributed by atoms with Crippen molar-refractivity contribution in [3.63, 3.8) is 0 Å². The number of aliphatic carboxylic acids is 1. The predicted octanol–water partition coefficient (Wildman–Crippen LogP) is 4.69. The second-order valence-electron chi connectivity index (χ2n) is 7.63. The third-order valence-corrected chi connectivity index (χ3v) is 6.10. The van der Waals surface area contributed by atoms with Crippen LogP contribution in [0.25, 0.3) is 10.8 Å². The van der Waals surface area contributed by atoms with Crippen molar-refractivity contribution in [1.82, 2.24) is 4.90 Å². The largest absolute Gasteiger partial charge is 0.481 e. The number of nitrogens with zero attached hydrogens (tertiary/aromatic N) is 1. The number of carbonyl (C=O) groups is 1. The molecule has 25 heavy (non-hydrogen) atoms. The quantitative estimate of drug-likeness (QED) is 0.859. The van der Waals surface area contributed by atoms with Gasteiger partial charge in [0.2, 0.25) is 0 Å². The lowest BCUT2D eigenvalue weighted by Crippen LogP contribution is -2.57. The Bertz CT molecular complexity index is 743. The molecule has 0 radical (unpaired) electrons. The molecule has 0 saturated carbocycles. The highest BCUT2D eigenvalue weighted by molar-refractivity contribution is 5.94. The van der Waals surface area contributed by atoms with Crippen LogP contribution in [0.3, 0.4) is 0 Å². The molecule has 134 valence electrons. The Morgan fingerprint density at radius 1 is 1.00 bits per heavy atom. The molecule has 2 atom stereocenters. The van der Waals surface area contributed by atoms with Gasteiger partial charge in [-0.05, 0) is 55.1 Å². The van der Waals surface area contributed by atoms with Gasteiger partial charge in [-0.2, -0.15) is 0 Å². The molecule has 0 bridgehead atoms. The maximum Gasteiger partial charge on any atom is 0.316 e. The summed E-state index contributed by atoms with van der Waals surface area (Å²) < 4.78 is 0. The lowest BCUT2D eigenvalue weighted by molar-refractivity contribution is -0.149. The first-order chi connectivity index (χ1) is 12.0. The molecule has 1 aliphatic rings. The van der Waals surface area contributed by atoms with E-state index in [0.717, 1.165) is 42.3 Å². The average molecular weight is 339 g/mol. The Labute approximate surface area is 150 Å². The van der Waals surface area contributed by atoms with Crippen molar-refractivity contribution in [2.45, 2.75) is 51.5 Å². The van der Waals surface area contributed by atoms with E-state index < -0.39 is 11.4 Å². The van der Waals surface area contributed by atoms with Gasteiger partial charge in [-0.1, -0.05) is 62.7 Å². The molecule has 3 heteroatoms. The van der Waals surface area contributed by atoms with Gasteiger partial charge in [0.1, 0.15) is 5.41 Å². The molecule has 0 amide bonds. The second kappa shape index (κ2) is 7.17. The zero-order chi connectivity index (χ0) is 18.0. The number of carboxylic acids is 1. The van der Waals surface area contributed by atoms with Gasteiger partial charge in [0.05, 0.1) is 0 Å². The summed E-state index contributed by atoms with van der Waals surface area (Å²) in [7, 11) is 0. The van der Waals surface area contributed by atoms with Crippen LogP contribution in [0.1, 0.15) is 45.6 Å². The maximum atomic E-state index is 12.8. The van der Waals surface area contributed by atoms with Gasteiger partial charge >= 0.3 is 5.97 Å². The number of hydrogen-bond donors (Lipinski definition) is 1. The molecule has 3 rings (SSSR count). The number of piperidine rings is 1. The summed E-state index contributed by atoms with van der Waals surface area (Å²) in [5.41, 5.74) is 0.0317. The SMILES string of the molecule is CC(C)C(C(=O)O)(c1cccc2ccccc12)C(C)N1CCCCC1. The van der Waals surface area contributed by atoms with E-state index in [1.165, 1.54) is 6.42 Å². The monoisotopic (exact) mass is 339 g/mol. The van der Waals surface area contributed by atoms with Gasteiger partial charge in [-0.25, -0.2) is 0 Å². The third-order valence-electron chi connectivity index (χ3n) is 6.10. The van der Waals surface area contributed by atoms with Crippen LogP contribution >= 0.6 is 0 Å². The number of hydrogen-bond acceptors (Lipinski definition) is 2. The lowest BCUT2D eigenvalue weighted by atomic mass is 9.65. The summed E-state index contributed by atoms with van der Waals surface area (Å²) in [5, 5.41) is 12.7. The van der Waals surface area contributed by atoms with Crippen LogP contribution in [0.4, 0.5) is 0 Å². The topological polar surface area (TPSA) is 40.5 Å². The molecule has 1 saturated heterocycles. The molecular weight excluding hydrogens is 310 g/mol. The molecule has 1 N–H and O–H groups in total. The van der Waals surface area contributed by atoms with Gasteiger partial charge in [-0.3, -0.25) is 9.69 Å². The fourth-order valence-electron chi connectivity index (χ4n) is 4.74. The minimum atomic E-state index is -0.918. The van der Waals surface area contributed by atoms with Gasteiger partial charge in [0.15, 0.2) is 0 Å². The summed E-state index contributed by atoms with van der Waals surface area (Å²) >= 11 is 0. The molecule has 1 heterocycles. The van der Waals surface area contributed by atoms with Crippen molar-refractivity contribution in [2.24, 2.45) is 5.92 Å². The van der Waals surface area contributed by atoms with Gasteiger partial charge < -0.3 is 5.11 Å². The average Bonchev–Trinajstić information content (AvgIpc) is 2.62. The van der Waals surface area contributed by atoms with Crippen LogP contribution in [-0.4, -0.2) is 35.1 Å². The summed E-state index contributed by atoms with van der Waals surface area (Å²) in [5.74, 6) is -0.718. The number of fused-ring (bicyclic) bond motifs is 1. The fourth-order valence-corrected chi connectivity index (χ4v) is 4.74. The number of benzene rings is 2. The molecule has 2 aromatic rings. The highest BCUT2D eigenvalue weighted by Crippen LogP contribution is 2.42. The van der Waals surface area contributed by atoms with Crippen LogP contribution < -0.4 is 0 Å². The van der Waals surface area contributed by atoms with Crippen LogP contribution in [0, 0.1) is 5.92 Å². The Balaban J connectivity index is 2.21. The van der Waals surface area contributed by atoms with Crippen molar-refractivity contribution in [3.8, 4) is 0 Å². The Hall–Kier alpha value is -1.87. The Kier molecular flexibility index (Phi) is 5.14. The van der Waals surface area contributed by atoms with Crippen LogP contribution in [0.15, 0.2) is 42.5 Å². The van der Waals surface area contributed by atoms with Crippen LogP contribution in [-0.2, 0) is 10.2 Å². The molecule has 1 aliphatic heterocycles. The summed E-state index contributed by atoms with van der Waals surface area (Å²) in [4.78, 5) is 15.2. The smallest absolute Gasteiger partial charge is 0.316 e. The van der Waals surface area contributed by atoms with Crippen molar-refractivity contribution >= 4 is 16.7 Å². The van der Waals surface area contributed by atoms with Crippen LogP contribution in [0.2, 0.25) is 0 Å². The van der Waals surface area contributed by atoms with E-state index in [1.807, 2.05) is 24.3 Å². The molecular formula is C22H29NO2. The van der Waals surface area contributed by atoms with E-state index in [0.29, 0.717) is 0 Å². The highest BCUT2D eigenvalue weighted by Gasteiger charge is 2.50. The van der Waals surface area contributed by atoms with Gasteiger partial charge in [0.25, 0.3) is 0 Å².